The van der Waals surface area contributed by atoms with E-state index >= 15 is 0 Å². The minimum atomic E-state index is -0.0530. The Hall–Kier alpha value is -1.22. The lowest BCUT2D eigenvalue weighted by atomic mass is 10.2. The second-order valence-corrected chi connectivity index (χ2v) is 3.63. The van der Waals surface area contributed by atoms with Crippen LogP contribution in [0, 0.1) is 23.7 Å². The van der Waals surface area contributed by atoms with Crippen molar-refractivity contribution in [2.75, 3.05) is 13.2 Å². The molecule has 0 saturated carbocycles. The van der Waals surface area contributed by atoms with E-state index in [1.807, 2.05) is 13.0 Å². The molecule has 0 aromatic heterocycles. The Kier molecular flexibility index (Phi) is 6.42. The van der Waals surface area contributed by atoms with E-state index in [1.165, 1.54) is 6.42 Å². The zero-order valence-corrected chi connectivity index (χ0v) is 10.0. The number of hydrogen-bond acceptors (Lipinski definition) is 2. The van der Waals surface area contributed by atoms with E-state index in [2.05, 4.69) is 23.7 Å². The molecule has 2 heteroatoms. The predicted octanol–water partition coefficient (Wildman–Crippen LogP) is 2.50. The molecule has 16 heavy (non-hydrogen) atoms. The minimum Gasteiger partial charge on any atom is -0.353 e. The molecule has 1 fully saturated rings. The van der Waals surface area contributed by atoms with Gasteiger partial charge in [0.15, 0.2) is 6.29 Å². The van der Waals surface area contributed by atoms with Gasteiger partial charge in [-0.25, -0.2) is 0 Å². The zero-order chi connectivity index (χ0) is 11.6. The van der Waals surface area contributed by atoms with Crippen molar-refractivity contribution in [2.45, 2.75) is 39.4 Å². The second kappa shape index (κ2) is 7.99. The highest BCUT2D eigenvalue weighted by atomic mass is 16.7. The Morgan fingerprint density at radius 1 is 1.50 bits per heavy atom. The van der Waals surface area contributed by atoms with Crippen molar-refractivity contribution in [2.24, 2.45) is 0 Å². The lowest BCUT2D eigenvalue weighted by Gasteiger charge is -2.21. The third-order valence-corrected chi connectivity index (χ3v) is 2.20. The molecule has 86 valence electrons. The molecule has 2 nitrogen and oxygen atoms in total. The highest BCUT2D eigenvalue weighted by Crippen LogP contribution is 2.12. The fourth-order valence-electron chi connectivity index (χ4n) is 1.37. The molecule has 0 aliphatic carbocycles. The summed E-state index contributed by atoms with van der Waals surface area (Å²) >= 11 is 0. The minimum absolute atomic E-state index is 0.0530. The molecular weight excluding hydrogens is 200 g/mol. The fraction of sp³-hybridized carbons (Fsp3) is 0.571. The van der Waals surface area contributed by atoms with Gasteiger partial charge in [-0.2, -0.15) is 0 Å². The van der Waals surface area contributed by atoms with Crippen molar-refractivity contribution in [3.63, 3.8) is 0 Å². The van der Waals surface area contributed by atoms with Crippen LogP contribution in [0.5, 0.6) is 0 Å². The van der Waals surface area contributed by atoms with E-state index in [1.54, 1.807) is 6.92 Å². The highest BCUT2D eigenvalue weighted by Gasteiger charge is 2.12. The van der Waals surface area contributed by atoms with E-state index < -0.39 is 0 Å². The number of rotatable bonds is 2. The van der Waals surface area contributed by atoms with Crippen molar-refractivity contribution in [3.05, 3.63) is 11.6 Å². The summed E-state index contributed by atoms with van der Waals surface area (Å²) in [4.78, 5) is 0. The maximum atomic E-state index is 5.48. The summed E-state index contributed by atoms with van der Waals surface area (Å²) in [6.45, 7) is 4.98. The topological polar surface area (TPSA) is 18.5 Å². The van der Waals surface area contributed by atoms with Crippen LogP contribution in [0.25, 0.3) is 0 Å². The molecule has 1 rings (SSSR count). The van der Waals surface area contributed by atoms with Crippen LogP contribution in [-0.4, -0.2) is 19.5 Å². The Bertz CT molecular complexity index is 340. The summed E-state index contributed by atoms with van der Waals surface area (Å²) in [5.41, 5.74) is 0.961. The maximum absolute atomic E-state index is 5.48. The third kappa shape index (κ3) is 5.61. The summed E-state index contributed by atoms with van der Waals surface area (Å²) in [6.07, 6.45) is 5.07. The van der Waals surface area contributed by atoms with Gasteiger partial charge in [0.25, 0.3) is 0 Å². The summed E-state index contributed by atoms with van der Waals surface area (Å²) in [6, 6.07) is 0. The van der Waals surface area contributed by atoms with Gasteiger partial charge < -0.3 is 9.47 Å². The first-order chi connectivity index (χ1) is 7.83. The monoisotopic (exact) mass is 218 g/mol. The van der Waals surface area contributed by atoms with Crippen LogP contribution >= 0.6 is 0 Å². The van der Waals surface area contributed by atoms with Gasteiger partial charge in [0.05, 0.1) is 0 Å². The first kappa shape index (κ1) is 12.8. The van der Waals surface area contributed by atoms with Gasteiger partial charge in [-0.05, 0) is 39.2 Å². The zero-order valence-electron chi connectivity index (χ0n) is 10.0. The van der Waals surface area contributed by atoms with Crippen LogP contribution < -0.4 is 0 Å². The van der Waals surface area contributed by atoms with Crippen molar-refractivity contribution in [3.8, 4) is 23.7 Å². The van der Waals surface area contributed by atoms with Crippen LogP contribution in [0.15, 0.2) is 11.6 Å². The Balaban J connectivity index is 2.22. The average Bonchev–Trinajstić information content (AvgIpc) is 2.33. The van der Waals surface area contributed by atoms with Gasteiger partial charge in [-0.3, -0.25) is 0 Å². The molecule has 1 aliphatic heterocycles. The fourth-order valence-corrected chi connectivity index (χ4v) is 1.37. The van der Waals surface area contributed by atoms with Gasteiger partial charge in [-0.1, -0.05) is 17.8 Å². The first-order valence-electron chi connectivity index (χ1n) is 5.64. The van der Waals surface area contributed by atoms with Crippen molar-refractivity contribution in [1.29, 1.82) is 0 Å². The maximum Gasteiger partial charge on any atom is 0.158 e. The molecule has 0 radical (unpaired) electrons. The smallest absolute Gasteiger partial charge is 0.158 e. The molecule has 0 N–H and O–H groups in total. The van der Waals surface area contributed by atoms with Crippen LogP contribution in [0.4, 0.5) is 0 Å². The highest BCUT2D eigenvalue weighted by molar-refractivity contribution is 5.33. The molecule has 0 aromatic rings. The van der Waals surface area contributed by atoms with Gasteiger partial charge in [0, 0.05) is 12.2 Å². The van der Waals surface area contributed by atoms with Crippen molar-refractivity contribution < 1.29 is 9.47 Å². The first-order valence-corrected chi connectivity index (χ1v) is 5.64. The standard InChI is InChI=1S/C14H18O2/c1-3-4-8-13(2)9-7-12-16-14-10-5-6-11-15-14/h8,14H,5-6,10-12H2,1-2H3/b13-8-. The summed E-state index contributed by atoms with van der Waals surface area (Å²) in [5, 5.41) is 0. The van der Waals surface area contributed by atoms with Crippen molar-refractivity contribution >= 4 is 0 Å². The van der Waals surface area contributed by atoms with E-state index in [4.69, 9.17) is 9.47 Å². The molecule has 0 bridgehead atoms. The molecular formula is C14H18O2. The molecule has 1 heterocycles. The SMILES string of the molecule is CC#C/C=C(/C)C#CCOC1CCCCO1. The van der Waals surface area contributed by atoms with Crippen molar-refractivity contribution in [1.82, 2.24) is 0 Å². The molecule has 0 spiro atoms. The van der Waals surface area contributed by atoms with E-state index in [0.29, 0.717) is 6.61 Å². The quantitative estimate of drug-likeness (QED) is 0.663. The van der Waals surface area contributed by atoms with Gasteiger partial charge in [0.1, 0.15) is 6.61 Å². The van der Waals surface area contributed by atoms with Crippen LogP contribution in [0.1, 0.15) is 33.1 Å². The second-order valence-electron chi connectivity index (χ2n) is 3.63. The average molecular weight is 218 g/mol. The summed E-state index contributed by atoms with van der Waals surface area (Å²) in [7, 11) is 0. The lowest BCUT2D eigenvalue weighted by molar-refractivity contribution is -0.154. The molecule has 0 amide bonds. The Labute approximate surface area is 98.0 Å². The summed E-state index contributed by atoms with van der Waals surface area (Å²) < 4.78 is 10.9. The van der Waals surface area contributed by atoms with E-state index in [9.17, 15) is 0 Å². The Morgan fingerprint density at radius 3 is 3.06 bits per heavy atom. The molecule has 1 atom stereocenters. The number of allylic oxidation sites excluding steroid dienone is 2. The van der Waals surface area contributed by atoms with Crippen LogP contribution in [-0.2, 0) is 9.47 Å². The predicted molar refractivity (Wildman–Crippen MR) is 64.5 cm³/mol. The molecule has 0 aromatic carbocycles. The van der Waals surface area contributed by atoms with Gasteiger partial charge in [0.2, 0.25) is 0 Å². The normalized spacial score (nSPS) is 20.4. The third-order valence-electron chi connectivity index (χ3n) is 2.20. The van der Waals surface area contributed by atoms with Gasteiger partial charge in [-0.15, -0.1) is 5.92 Å². The number of ether oxygens (including phenoxy) is 2. The lowest BCUT2D eigenvalue weighted by Crippen LogP contribution is -2.22. The Morgan fingerprint density at radius 2 is 2.38 bits per heavy atom. The number of hydrogen-bond donors (Lipinski definition) is 0. The van der Waals surface area contributed by atoms with E-state index in [0.717, 1.165) is 25.0 Å². The largest absolute Gasteiger partial charge is 0.353 e. The molecule has 1 aliphatic rings. The van der Waals surface area contributed by atoms with E-state index in [-0.39, 0.29) is 6.29 Å². The summed E-state index contributed by atoms with van der Waals surface area (Å²) in [5.74, 6) is 11.6. The van der Waals surface area contributed by atoms with Gasteiger partial charge >= 0.3 is 0 Å². The molecule has 1 unspecified atom stereocenters. The van der Waals surface area contributed by atoms with Crippen LogP contribution in [0.3, 0.4) is 0 Å². The molecule has 1 saturated heterocycles. The van der Waals surface area contributed by atoms with Crippen LogP contribution in [0.2, 0.25) is 0 Å².